The molecule has 0 spiro atoms. The van der Waals surface area contributed by atoms with Gasteiger partial charge in [-0.3, -0.25) is 0 Å². The van der Waals surface area contributed by atoms with E-state index in [1.807, 2.05) is 6.92 Å². The minimum atomic E-state index is 0.178. The van der Waals surface area contributed by atoms with Crippen LogP contribution in [0.5, 0.6) is 17.2 Å². The molecule has 0 saturated carbocycles. The Kier molecular flexibility index (Phi) is 4.37. The highest BCUT2D eigenvalue weighted by Crippen LogP contribution is 2.43. The number of nitriles is 1. The lowest BCUT2D eigenvalue weighted by Gasteiger charge is -2.17. The molecule has 1 aromatic heterocycles. The molecular weight excluding hydrogens is 282 g/mol. The van der Waals surface area contributed by atoms with Gasteiger partial charge in [-0.2, -0.15) is 5.26 Å². The van der Waals surface area contributed by atoms with Crippen LogP contribution in [0.3, 0.4) is 0 Å². The number of hydrogen-bond acceptors (Lipinski definition) is 6. The Morgan fingerprint density at radius 1 is 1.05 bits per heavy atom. The Labute approximate surface area is 129 Å². The van der Waals surface area contributed by atoms with E-state index in [9.17, 15) is 5.26 Å². The van der Waals surface area contributed by atoms with Crippen LogP contribution in [0.4, 0.5) is 5.82 Å². The van der Waals surface area contributed by atoms with Gasteiger partial charge in [0.25, 0.3) is 0 Å². The van der Waals surface area contributed by atoms with Crippen molar-refractivity contribution in [3.8, 4) is 34.4 Å². The fraction of sp³-hybridized carbons (Fsp3) is 0.250. The van der Waals surface area contributed by atoms with Gasteiger partial charge in [-0.1, -0.05) is 0 Å². The van der Waals surface area contributed by atoms with E-state index in [-0.39, 0.29) is 11.4 Å². The zero-order valence-electron chi connectivity index (χ0n) is 12.9. The fourth-order valence-corrected chi connectivity index (χ4v) is 2.28. The molecule has 0 fully saturated rings. The smallest absolute Gasteiger partial charge is 0.142 e. The Bertz CT molecular complexity index is 726. The second-order valence-electron chi connectivity index (χ2n) is 4.59. The second kappa shape index (κ2) is 6.22. The molecule has 22 heavy (non-hydrogen) atoms. The molecule has 0 saturated heterocycles. The highest BCUT2D eigenvalue weighted by Gasteiger charge is 2.20. The number of ether oxygens (including phenoxy) is 3. The highest BCUT2D eigenvalue weighted by molar-refractivity contribution is 5.84. The van der Waals surface area contributed by atoms with Gasteiger partial charge in [0, 0.05) is 23.4 Å². The van der Waals surface area contributed by atoms with Crippen LogP contribution in [0, 0.1) is 18.3 Å². The topological polar surface area (TPSA) is 90.4 Å². The van der Waals surface area contributed by atoms with Gasteiger partial charge in [-0.25, -0.2) is 4.98 Å². The van der Waals surface area contributed by atoms with Gasteiger partial charge < -0.3 is 19.9 Å². The number of nitrogen functional groups attached to an aromatic ring is 1. The van der Waals surface area contributed by atoms with Gasteiger partial charge >= 0.3 is 0 Å². The Hall–Kier alpha value is -2.94. The van der Waals surface area contributed by atoms with Gasteiger partial charge in [-0.05, 0) is 13.0 Å². The van der Waals surface area contributed by atoms with E-state index in [1.165, 1.54) is 0 Å². The lowest BCUT2D eigenvalue weighted by Crippen LogP contribution is -2.02. The third-order valence-corrected chi connectivity index (χ3v) is 3.27. The van der Waals surface area contributed by atoms with Crippen LogP contribution in [0.15, 0.2) is 18.2 Å². The number of hydrogen-bond donors (Lipinski definition) is 1. The lowest BCUT2D eigenvalue weighted by molar-refractivity contribution is 0.377. The van der Waals surface area contributed by atoms with Crippen molar-refractivity contribution in [1.82, 2.24) is 4.98 Å². The van der Waals surface area contributed by atoms with Crippen LogP contribution >= 0.6 is 0 Å². The number of anilines is 1. The fourth-order valence-electron chi connectivity index (χ4n) is 2.28. The predicted octanol–water partition coefficient (Wildman–Crippen LogP) is 2.54. The van der Waals surface area contributed by atoms with E-state index in [1.54, 1.807) is 39.5 Å². The molecule has 2 N–H and O–H groups in total. The molecule has 0 aliphatic rings. The molecule has 0 radical (unpaired) electrons. The molecule has 6 nitrogen and oxygen atoms in total. The number of aryl methyl sites for hydroxylation is 1. The molecule has 2 aromatic rings. The molecule has 0 amide bonds. The van der Waals surface area contributed by atoms with Crippen molar-refractivity contribution < 1.29 is 14.2 Å². The number of rotatable bonds is 4. The van der Waals surface area contributed by atoms with Crippen molar-refractivity contribution in [3.05, 3.63) is 29.5 Å². The zero-order valence-corrected chi connectivity index (χ0v) is 12.9. The van der Waals surface area contributed by atoms with E-state index in [4.69, 9.17) is 19.9 Å². The average molecular weight is 299 g/mol. The van der Waals surface area contributed by atoms with Crippen LogP contribution in [0.1, 0.15) is 11.3 Å². The minimum absolute atomic E-state index is 0.178. The molecular formula is C16H17N3O3. The van der Waals surface area contributed by atoms with E-state index < -0.39 is 0 Å². The monoisotopic (exact) mass is 299 g/mol. The van der Waals surface area contributed by atoms with E-state index in [0.717, 1.165) is 0 Å². The van der Waals surface area contributed by atoms with E-state index >= 15 is 0 Å². The molecule has 0 aliphatic heterocycles. The maximum Gasteiger partial charge on any atom is 0.142 e. The molecule has 114 valence electrons. The molecule has 0 bridgehead atoms. The number of nitrogens with zero attached hydrogens (tertiary/aromatic N) is 2. The number of pyridine rings is 1. The summed E-state index contributed by atoms with van der Waals surface area (Å²) in [6.45, 7) is 1.81. The number of benzene rings is 1. The average Bonchev–Trinajstić information content (AvgIpc) is 2.52. The first kappa shape index (κ1) is 15.4. The molecule has 0 unspecified atom stereocenters. The summed E-state index contributed by atoms with van der Waals surface area (Å²) in [5.41, 5.74) is 8.11. The predicted molar refractivity (Wildman–Crippen MR) is 83.2 cm³/mol. The minimum Gasteiger partial charge on any atom is -0.496 e. The summed E-state index contributed by atoms with van der Waals surface area (Å²) in [4.78, 5) is 4.12. The zero-order chi connectivity index (χ0) is 16.3. The van der Waals surface area contributed by atoms with Gasteiger partial charge in [-0.15, -0.1) is 0 Å². The Morgan fingerprint density at radius 2 is 1.64 bits per heavy atom. The van der Waals surface area contributed by atoms with Crippen LogP contribution in [-0.2, 0) is 0 Å². The third-order valence-electron chi connectivity index (χ3n) is 3.27. The number of nitrogens with two attached hydrogens (primary N) is 1. The first-order valence-corrected chi connectivity index (χ1v) is 6.53. The van der Waals surface area contributed by atoms with Gasteiger partial charge in [0.2, 0.25) is 0 Å². The van der Waals surface area contributed by atoms with E-state index in [2.05, 4.69) is 11.1 Å². The van der Waals surface area contributed by atoms with Crippen molar-refractivity contribution in [2.24, 2.45) is 0 Å². The van der Waals surface area contributed by atoms with Crippen molar-refractivity contribution in [2.45, 2.75) is 6.92 Å². The summed E-state index contributed by atoms with van der Waals surface area (Å²) < 4.78 is 16.1. The van der Waals surface area contributed by atoms with Gasteiger partial charge in [0.15, 0.2) is 0 Å². The SMILES string of the molecule is COc1cc(OC)c(-c2cc(C)nc(N)c2C#N)c(OC)c1. The van der Waals surface area contributed by atoms with Gasteiger partial charge in [0.05, 0.1) is 26.9 Å². The van der Waals surface area contributed by atoms with Crippen LogP contribution in [0.25, 0.3) is 11.1 Å². The standard InChI is InChI=1S/C16H17N3O3/c1-9-5-11(12(8-17)16(18)19-9)15-13(21-3)6-10(20-2)7-14(15)22-4/h5-7H,1-4H3,(H2,18,19). The maximum atomic E-state index is 9.40. The summed E-state index contributed by atoms with van der Waals surface area (Å²) in [5.74, 6) is 1.82. The molecule has 0 atom stereocenters. The summed E-state index contributed by atoms with van der Waals surface area (Å²) in [7, 11) is 4.64. The maximum absolute atomic E-state index is 9.40. The molecule has 1 aromatic carbocycles. The summed E-state index contributed by atoms with van der Waals surface area (Å²) >= 11 is 0. The van der Waals surface area contributed by atoms with Crippen LogP contribution in [-0.4, -0.2) is 26.3 Å². The molecule has 2 rings (SSSR count). The Morgan fingerprint density at radius 3 is 2.09 bits per heavy atom. The van der Waals surface area contributed by atoms with Crippen molar-refractivity contribution in [1.29, 1.82) is 5.26 Å². The lowest BCUT2D eigenvalue weighted by atomic mass is 9.98. The van der Waals surface area contributed by atoms with Crippen LogP contribution < -0.4 is 19.9 Å². The largest absolute Gasteiger partial charge is 0.496 e. The van der Waals surface area contributed by atoms with Gasteiger partial charge in [0.1, 0.15) is 34.7 Å². The summed E-state index contributed by atoms with van der Waals surface area (Å²) in [5, 5.41) is 9.40. The second-order valence-corrected chi connectivity index (χ2v) is 4.59. The van der Waals surface area contributed by atoms with Crippen molar-refractivity contribution in [2.75, 3.05) is 27.1 Å². The highest BCUT2D eigenvalue weighted by atomic mass is 16.5. The molecule has 0 aliphatic carbocycles. The van der Waals surface area contributed by atoms with Crippen LogP contribution in [0.2, 0.25) is 0 Å². The first-order chi connectivity index (χ1) is 10.5. The van der Waals surface area contributed by atoms with E-state index in [0.29, 0.717) is 34.1 Å². The normalized spacial score (nSPS) is 9.95. The number of aromatic nitrogens is 1. The first-order valence-electron chi connectivity index (χ1n) is 6.53. The Balaban J connectivity index is 2.85. The van der Waals surface area contributed by atoms with Crippen molar-refractivity contribution in [3.63, 3.8) is 0 Å². The summed E-state index contributed by atoms with van der Waals surface area (Å²) in [6, 6.07) is 7.32. The summed E-state index contributed by atoms with van der Waals surface area (Å²) in [6.07, 6.45) is 0. The third kappa shape index (κ3) is 2.61. The molecule has 6 heteroatoms. The number of methoxy groups -OCH3 is 3. The van der Waals surface area contributed by atoms with Crippen molar-refractivity contribution >= 4 is 5.82 Å². The molecule has 1 heterocycles. The quantitative estimate of drug-likeness (QED) is 0.933.